The summed E-state index contributed by atoms with van der Waals surface area (Å²) >= 11 is 6.12. The number of nitrogens with zero attached hydrogens (tertiary/aromatic N) is 4. The maximum atomic E-state index is 9.84. The van der Waals surface area contributed by atoms with Gasteiger partial charge in [0.05, 0.1) is 17.9 Å². The van der Waals surface area contributed by atoms with Crippen molar-refractivity contribution < 1.29 is 14.3 Å². The van der Waals surface area contributed by atoms with Crippen LogP contribution in [0.4, 0.5) is 5.82 Å². The van der Waals surface area contributed by atoms with E-state index in [-0.39, 0.29) is 0 Å². The van der Waals surface area contributed by atoms with E-state index in [0.717, 1.165) is 16.9 Å². The summed E-state index contributed by atoms with van der Waals surface area (Å²) in [4.78, 5) is 18.0. The topological polar surface area (TPSA) is 91.2 Å². The van der Waals surface area contributed by atoms with Crippen LogP contribution in [0.1, 0.15) is 11.3 Å². The van der Waals surface area contributed by atoms with Crippen molar-refractivity contribution in [2.24, 2.45) is 0 Å². The van der Waals surface area contributed by atoms with Gasteiger partial charge >= 0.3 is 0 Å². The molecule has 33 heavy (non-hydrogen) atoms. The summed E-state index contributed by atoms with van der Waals surface area (Å²) in [6.45, 7) is 5.25. The van der Waals surface area contributed by atoms with Gasteiger partial charge in [0.15, 0.2) is 0 Å². The van der Waals surface area contributed by atoms with Crippen LogP contribution in [0.2, 0.25) is 5.02 Å². The number of aryl methyl sites for hydroxylation is 2. The number of aromatic nitrogens is 4. The van der Waals surface area contributed by atoms with Crippen molar-refractivity contribution in [3.63, 3.8) is 0 Å². The zero-order valence-corrected chi connectivity index (χ0v) is 19.1. The molecular weight excluding hydrogens is 442 g/mol. The third-order valence-electron chi connectivity index (χ3n) is 4.40. The lowest BCUT2D eigenvalue weighted by molar-refractivity contribution is -0.120. The number of halogens is 1. The number of nitrogens with one attached hydrogen (secondary N) is 1. The molecule has 0 bridgehead atoms. The first-order valence-corrected chi connectivity index (χ1v) is 10.6. The number of para-hydroxylation sites is 1. The van der Waals surface area contributed by atoms with Gasteiger partial charge in [-0.3, -0.25) is 4.79 Å². The molecule has 4 aromatic rings. The van der Waals surface area contributed by atoms with Gasteiger partial charge in [0.25, 0.3) is 6.47 Å². The Bertz CT molecular complexity index is 1150. The Hall–Kier alpha value is -3.91. The van der Waals surface area contributed by atoms with Crippen LogP contribution in [0.15, 0.2) is 73.2 Å². The molecule has 0 saturated carbocycles. The molecule has 0 aliphatic heterocycles. The molecule has 2 heterocycles. The zero-order chi connectivity index (χ0) is 23.5. The summed E-state index contributed by atoms with van der Waals surface area (Å²) in [5.41, 5.74) is 2.88. The highest BCUT2D eigenvalue weighted by Crippen LogP contribution is 2.20. The normalized spacial score (nSPS) is 10.0. The Morgan fingerprint density at radius 2 is 1.79 bits per heavy atom. The molecule has 0 aliphatic carbocycles. The fraction of sp³-hybridized carbons (Fsp3) is 0.167. The number of hydrogen-bond acceptors (Lipinski definition) is 7. The first-order valence-electron chi connectivity index (χ1n) is 10.2. The van der Waals surface area contributed by atoms with Crippen LogP contribution < -0.4 is 14.8 Å². The van der Waals surface area contributed by atoms with Gasteiger partial charge < -0.3 is 14.8 Å². The minimum absolute atomic E-state index is 0.421. The molecule has 0 unspecified atom stereocenters. The average Bonchev–Trinajstić information content (AvgIpc) is 3.31. The predicted molar refractivity (Wildman–Crippen MR) is 127 cm³/mol. The third-order valence-corrected chi connectivity index (χ3v) is 4.85. The van der Waals surface area contributed by atoms with Crippen LogP contribution in [0, 0.1) is 13.8 Å². The fourth-order valence-electron chi connectivity index (χ4n) is 2.69. The maximum absolute atomic E-state index is 9.84. The van der Waals surface area contributed by atoms with Crippen molar-refractivity contribution in [3.05, 3.63) is 89.5 Å². The number of rotatable bonds is 8. The molecule has 0 aliphatic rings. The monoisotopic (exact) mass is 465 g/mol. The largest absolute Gasteiger partial charge is 0.475 e. The minimum Gasteiger partial charge on any atom is -0.475 e. The summed E-state index contributed by atoms with van der Waals surface area (Å²) in [6.07, 6.45) is 3.34. The van der Waals surface area contributed by atoms with Gasteiger partial charge in [-0.15, -0.1) is 5.10 Å². The van der Waals surface area contributed by atoms with Crippen molar-refractivity contribution >= 4 is 23.9 Å². The molecule has 0 radical (unpaired) electrons. The van der Waals surface area contributed by atoms with Gasteiger partial charge in [-0.1, -0.05) is 47.5 Å². The lowest BCUT2D eigenvalue weighted by atomic mass is 10.2. The molecule has 4 rings (SSSR count). The molecule has 170 valence electrons. The highest BCUT2D eigenvalue weighted by Gasteiger charge is 2.05. The predicted octanol–water partition coefficient (Wildman–Crippen LogP) is 4.65. The zero-order valence-electron chi connectivity index (χ0n) is 18.3. The summed E-state index contributed by atoms with van der Waals surface area (Å²) in [5.74, 6) is 1.76. The van der Waals surface area contributed by atoms with E-state index in [1.807, 2.05) is 68.6 Å². The van der Waals surface area contributed by atoms with E-state index in [1.54, 1.807) is 16.8 Å². The van der Waals surface area contributed by atoms with E-state index in [0.29, 0.717) is 42.1 Å². The summed E-state index contributed by atoms with van der Waals surface area (Å²) < 4.78 is 12.0. The Morgan fingerprint density at radius 1 is 1.03 bits per heavy atom. The van der Waals surface area contributed by atoms with Crippen molar-refractivity contribution in [2.75, 3.05) is 18.5 Å². The highest BCUT2D eigenvalue weighted by atomic mass is 35.5. The molecule has 0 saturated heterocycles. The van der Waals surface area contributed by atoms with Crippen molar-refractivity contribution in [2.45, 2.75) is 13.8 Å². The van der Waals surface area contributed by atoms with E-state index in [4.69, 9.17) is 16.3 Å². The molecule has 0 fully saturated rings. The molecule has 0 atom stereocenters. The second kappa shape index (κ2) is 12.2. The quantitative estimate of drug-likeness (QED) is 0.299. The SMILES string of the molecule is Cc1ccc(OC=O)cc1.Cc1ncnc(NCCOc2ccn(-c3ccccc3)n2)c1Cl. The molecule has 2 aromatic carbocycles. The standard InChI is InChI=1S/C16H16ClN5O.C8H8O2/c1-12-15(17)16(20-11-19-12)18-8-10-23-14-7-9-22(21-14)13-5-3-2-4-6-13;1-7-2-4-8(5-3-7)10-6-9/h2-7,9,11H,8,10H2,1H3,(H,18,19,20);2-6H,1H3. The number of hydrogen-bond donors (Lipinski definition) is 1. The van der Waals surface area contributed by atoms with Gasteiger partial charge in [-0.05, 0) is 38.1 Å². The van der Waals surface area contributed by atoms with Gasteiger partial charge in [0, 0.05) is 12.3 Å². The van der Waals surface area contributed by atoms with Crippen LogP contribution >= 0.6 is 11.6 Å². The second-order valence-corrected chi connectivity index (χ2v) is 7.24. The van der Waals surface area contributed by atoms with Crippen molar-refractivity contribution in [3.8, 4) is 17.3 Å². The van der Waals surface area contributed by atoms with Crippen LogP contribution in [0.3, 0.4) is 0 Å². The van der Waals surface area contributed by atoms with Crippen molar-refractivity contribution in [1.29, 1.82) is 0 Å². The summed E-state index contributed by atoms with van der Waals surface area (Å²) in [7, 11) is 0. The number of ether oxygens (including phenoxy) is 2. The molecule has 0 amide bonds. The first-order chi connectivity index (χ1) is 16.1. The number of carbonyl (C=O) groups excluding carboxylic acids is 1. The maximum Gasteiger partial charge on any atom is 0.298 e. The number of benzene rings is 2. The van der Waals surface area contributed by atoms with Gasteiger partial charge in [0.1, 0.15) is 29.5 Å². The third kappa shape index (κ3) is 7.33. The fourth-order valence-corrected chi connectivity index (χ4v) is 2.85. The average molecular weight is 466 g/mol. The molecule has 9 heteroatoms. The van der Waals surface area contributed by atoms with Crippen molar-refractivity contribution in [1.82, 2.24) is 19.7 Å². The molecule has 2 aromatic heterocycles. The van der Waals surface area contributed by atoms with E-state index in [1.165, 1.54) is 6.33 Å². The second-order valence-electron chi connectivity index (χ2n) is 6.86. The van der Waals surface area contributed by atoms with E-state index in [2.05, 4.69) is 25.1 Å². The first kappa shape index (κ1) is 23.7. The molecule has 8 nitrogen and oxygen atoms in total. The van der Waals surface area contributed by atoms with Gasteiger partial charge in [0.2, 0.25) is 5.88 Å². The minimum atomic E-state index is 0.421. The molecular formula is C24H24ClN5O3. The van der Waals surface area contributed by atoms with E-state index < -0.39 is 0 Å². The number of carbonyl (C=O) groups is 1. The molecule has 1 N–H and O–H groups in total. The number of anilines is 1. The lowest BCUT2D eigenvalue weighted by Crippen LogP contribution is -2.13. The Morgan fingerprint density at radius 3 is 2.52 bits per heavy atom. The smallest absolute Gasteiger partial charge is 0.298 e. The van der Waals surface area contributed by atoms with Crippen LogP contribution in [0.25, 0.3) is 5.69 Å². The van der Waals surface area contributed by atoms with Crippen LogP contribution in [-0.4, -0.2) is 39.4 Å². The molecule has 0 spiro atoms. The Labute approximate surface area is 197 Å². The van der Waals surface area contributed by atoms with E-state index >= 15 is 0 Å². The van der Waals surface area contributed by atoms with Crippen LogP contribution in [-0.2, 0) is 4.79 Å². The summed E-state index contributed by atoms with van der Waals surface area (Å²) in [6, 6.07) is 19.0. The van der Waals surface area contributed by atoms with E-state index in [9.17, 15) is 4.79 Å². The Balaban J connectivity index is 0.000000257. The Kier molecular flexibility index (Phi) is 8.79. The summed E-state index contributed by atoms with van der Waals surface area (Å²) in [5, 5.41) is 8.02. The van der Waals surface area contributed by atoms with Gasteiger partial charge in [-0.2, -0.15) is 0 Å². The highest BCUT2D eigenvalue weighted by molar-refractivity contribution is 6.33. The van der Waals surface area contributed by atoms with Gasteiger partial charge in [-0.25, -0.2) is 14.6 Å². The lowest BCUT2D eigenvalue weighted by Gasteiger charge is -2.08. The van der Waals surface area contributed by atoms with Crippen LogP contribution in [0.5, 0.6) is 11.6 Å².